The molecule has 0 fully saturated rings. The molecule has 0 aliphatic heterocycles. The first-order valence-corrected chi connectivity index (χ1v) is 9.99. The zero-order chi connectivity index (χ0) is 24.9. The van der Waals surface area contributed by atoms with Gasteiger partial charge in [0, 0.05) is 53.9 Å². The van der Waals surface area contributed by atoms with Crippen LogP contribution in [0.4, 0.5) is 18.0 Å². The number of ketones is 1. The molecular formula is C23H13F3N4O5. The fourth-order valence-electron chi connectivity index (χ4n) is 3.80. The molecule has 12 heteroatoms. The summed E-state index contributed by atoms with van der Waals surface area (Å²) in [5.41, 5.74) is -0.700. The Balaban J connectivity index is 1.48. The fourth-order valence-corrected chi connectivity index (χ4v) is 3.80. The van der Waals surface area contributed by atoms with Crippen molar-refractivity contribution in [3.05, 3.63) is 99.7 Å². The SMILES string of the molecule is O=C(O)Oc1ccn2cc(Cn3ccc4c(C(=O)c5c(F)cc(F)cc5F)c[nH]c4c3=O)nc2c1. The maximum absolute atomic E-state index is 14.1. The number of nitrogens with one attached hydrogen (secondary N) is 1. The Kier molecular flexibility index (Phi) is 5.12. The molecule has 5 aromatic rings. The number of pyridine rings is 2. The predicted molar refractivity (Wildman–Crippen MR) is 115 cm³/mol. The van der Waals surface area contributed by atoms with Gasteiger partial charge in [0.1, 0.15) is 34.4 Å². The van der Waals surface area contributed by atoms with Crippen LogP contribution in [0.25, 0.3) is 16.6 Å². The van der Waals surface area contributed by atoms with Crippen LogP contribution in [0.1, 0.15) is 21.6 Å². The van der Waals surface area contributed by atoms with Crippen molar-refractivity contribution in [3.63, 3.8) is 0 Å². The third-order valence-electron chi connectivity index (χ3n) is 5.31. The third-order valence-corrected chi connectivity index (χ3v) is 5.31. The number of ether oxygens (including phenoxy) is 1. The number of benzene rings is 1. The molecule has 0 atom stereocenters. The highest BCUT2D eigenvalue weighted by Gasteiger charge is 2.24. The van der Waals surface area contributed by atoms with Crippen LogP contribution in [-0.4, -0.2) is 36.0 Å². The van der Waals surface area contributed by atoms with E-state index in [0.29, 0.717) is 23.5 Å². The Bertz CT molecular complexity index is 1700. The fraction of sp³-hybridized carbons (Fsp3) is 0.0435. The molecule has 0 radical (unpaired) electrons. The molecule has 2 N–H and O–H groups in total. The highest BCUT2D eigenvalue weighted by molar-refractivity contribution is 6.16. The lowest BCUT2D eigenvalue weighted by atomic mass is 10.0. The van der Waals surface area contributed by atoms with Crippen LogP contribution in [0, 0.1) is 17.5 Å². The molecule has 0 unspecified atom stereocenters. The lowest BCUT2D eigenvalue weighted by molar-refractivity contribution is 0.103. The first-order valence-electron chi connectivity index (χ1n) is 9.99. The Morgan fingerprint density at radius 2 is 1.83 bits per heavy atom. The van der Waals surface area contributed by atoms with Gasteiger partial charge in [-0.2, -0.15) is 0 Å². The maximum atomic E-state index is 14.1. The second-order valence-electron chi connectivity index (χ2n) is 7.54. The number of carbonyl (C=O) groups is 2. The van der Waals surface area contributed by atoms with Crippen LogP contribution in [0.15, 0.2) is 59.9 Å². The second kappa shape index (κ2) is 8.17. The molecule has 1 aromatic carbocycles. The van der Waals surface area contributed by atoms with Crippen LogP contribution in [0.2, 0.25) is 0 Å². The molecule has 0 aliphatic carbocycles. The molecule has 0 saturated carbocycles. The number of rotatable bonds is 5. The third kappa shape index (κ3) is 3.90. The van der Waals surface area contributed by atoms with E-state index in [-0.39, 0.29) is 28.8 Å². The molecule has 4 aromatic heterocycles. The van der Waals surface area contributed by atoms with Gasteiger partial charge in [0.05, 0.1) is 17.8 Å². The molecule has 9 nitrogen and oxygen atoms in total. The van der Waals surface area contributed by atoms with Crippen molar-refractivity contribution in [1.82, 2.24) is 18.9 Å². The molecule has 0 saturated heterocycles. The van der Waals surface area contributed by atoms with Crippen molar-refractivity contribution in [2.45, 2.75) is 6.54 Å². The molecule has 0 aliphatic rings. The quantitative estimate of drug-likeness (QED) is 0.291. The maximum Gasteiger partial charge on any atom is 0.511 e. The molecule has 0 amide bonds. The van der Waals surface area contributed by atoms with E-state index in [1.54, 1.807) is 16.8 Å². The lowest BCUT2D eigenvalue weighted by Crippen LogP contribution is -2.20. The van der Waals surface area contributed by atoms with E-state index >= 15 is 0 Å². The highest BCUT2D eigenvalue weighted by atomic mass is 19.1. The van der Waals surface area contributed by atoms with Crippen molar-refractivity contribution in [2.75, 3.05) is 0 Å². The average molecular weight is 482 g/mol. The lowest BCUT2D eigenvalue weighted by Gasteiger charge is -2.05. The minimum atomic E-state index is -1.46. The van der Waals surface area contributed by atoms with E-state index in [1.807, 2.05) is 0 Å². The summed E-state index contributed by atoms with van der Waals surface area (Å²) in [4.78, 5) is 43.5. The minimum Gasteiger partial charge on any atom is -0.449 e. The molecule has 35 heavy (non-hydrogen) atoms. The van der Waals surface area contributed by atoms with E-state index in [2.05, 4.69) is 14.7 Å². The molecule has 4 heterocycles. The number of hydrogen-bond donors (Lipinski definition) is 2. The molecule has 176 valence electrons. The van der Waals surface area contributed by atoms with Gasteiger partial charge < -0.3 is 23.8 Å². The van der Waals surface area contributed by atoms with Crippen molar-refractivity contribution < 1.29 is 32.6 Å². The zero-order valence-electron chi connectivity index (χ0n) is 17.5. The van der Waals surface area contributed by atoms with E-state index in [9.17, 15) is 27.6 Å². The molecule has 0 bridgehead atoms. The van der Waals surface area contributed by atoms with Gasteiger partial charge in [0.15, 0.2) is 0 Å². The van der Waals surface area contributed by atoms with Crippen molar-refractivity contribution in [1.29, 1.82) is 0 Å². The largest absolute Gasteiger partial charge is 0.511 e. The first-order chi connectivity index (χ1) is 16.7. The summed E-state index contributed by atoms with van der Waals surface area (Å²) in [6.07, 6.45) is 4.29. The van der Waals surface area contributed by atoms with E-state index in [1.165, 1.54) is 29.0 Å². The number of H-pyrrole nitrogens is 1. The number of halogens is 3. The van der Waals surface area contributed by atoms with Gasteiger partial charge in [0.25, 0.3) is 5.56 Å². The predicted octanol–water partition coefficient (Wildman–Crippen LogP) is 3.73. The van der Waals surface area contributed by atoms with E-state index < -0.39 is 40.5 Å². The van der Waals surface area contributed by atoms with Gasteiger partial charge in [-0.25, -0.2) is 22.9 Å². The Morgan fingerprint density at radius 1 is 1.09 bits per heavy atom. The van der Waals surface area contributed by atoms with Crippen molar-refractivity contribution >= 4 is 28.5 Å². The van der Waals surface area contributed by atoms with Gasteiger partial charge >= 0.3 is 6.16 Å². The van der Waals surface area contributed by atoms with Crippen LogP contribution in [-0.2, 0) is 6.54 Å². The van der Waals surface area contributed by atoms with Gasteiger partial charge in [0.2, 0.25) is 5.78 Å². The summed E-state index contributed by atoms with van der Waals surface area (Å²) in [5.74, 6) is -4.81. The van der Waals surface area contributed by atoms with Gasteiger partial charge in [-0.3, -0.25) is 9.59 Å². The van der Waals surface area contributed by atoms with E-state index in [0.717, 1.165) is 6.20 Å². The summed E-state index contributed by atoms with van der Waals surface area (Å²) in [5, 5.41) is 8.87. The summed E-state index contributed by atoms with van der Waals surface area (Å²) >= 11 is 0. The smallest absolute Gasteiger partial charge is 0.449 e. The second-order valence-corrected chi connectivity index (χ2v) is 7.54. The standard InChI is InChI=1S/C23H13F3N4O5/c24-11-5-16(25)19(17(26)6-11)21(31)15-8-27-20-14(15)2-4-30(22(20)32)10-12-9-29-3-1-13(35-23(33)34)7-18(29)28-12/h1-9,27H,10H2,(H,33,34). The summed E-state index contributed by atoms with van der Waals surface area (Å²) in [6.45, 7) is 0.0368. The van der Waals surface area contributed by atoms with Crippen LogP contribution >= 0.6 is 0 Å². The topological polar surface area (TPSA) is 119 Å². The molecule has 5 rings (SSSR count). The summed E-state index contributed by atoms with van der Waals surface area (Å²) in [7, 11) is 0. The normalized spacial score (nSPS) is 11.3. The number of hydrogen-bond acceptors (Lipinski definition) is 5. The van der Waals surface area contributed by atoms with Crippen LogP contribution in [0.3, 0.4) is 0 Å². The average Bonchev–Trinajstić information content (AvgIpc) is 3.38. The Morgan fingerprint density at radius 3 is 2.54 bits per heavy atom. The van der Waals surface area contributed by atoms with Crippen LogP contribution in [0.5, 0.6) is 5.75 Å². The number of aromatic amines is 1. The number of nitrogens with zero attached hydrogens (tertiary/aromatic N) is 3. The number of carboxylic acid groups (broad SMARTS) is 1. The molecule has 0 spiro atoms. The zero-order valence-corrected chi connectivity index (χ0v) is 17.5. The summed E-state index contributed by atoms with van der Waals surface area (Å²) in [6, 6.07) is 5.11. The van der Waals surface area contributed by atoms with Crippen molar-refractivity contribution in [3.8, 4) is 5.75 Å². The number of imidazole rings is 1. The minimum absolute atomic E-state index is 0.0275. The van der Waals surface area contributed by atoms with Gasteiger partial charge in [-0.15, -0.1) is 0 Å². The highest BCUT2D eigenvalue weighted by Crippen LogP contribution is 2.23. The Labute approximate surface area is 192 Å². The number of carbonyl (C=O) groups excluding carboxylic acids is 1. The Hall–Kier alpha value is -4.87. The number of aromatic nitrogens is 4. The van der Waals surface area contributed by atoms with E-state index in [4.69, 9.17) is 5.11 Å². The summed E-state index contributed by atoms with van der Waals surface area (Å²) < 4.78 is 48.9. The van der Waals surface area contributed by atoms with Gasteiger partial charge in [-0.1, -0.05) is 0 Å². The number of fused-ring (bicyclic) bond motifs is 2. The first kappa shape index (κ1) is 21.9. The van der Waals surface area contributed by atoms with Crippen molar-refractivity contribution in [2.24, 2.45) is 0 Å². The van der Waals surface area contributed by atoms with Crippen LogP contribution < -0.4 is 10.3 Å². The van der Waals surface area contributed by atoms with Gasteiger partial charge in [-0.05, 0) is 12.1 Å². The molecular weight excluding hydrogens is 469 g/mol. The monoisotopic (exact) mass is 482 g/mol.